The highest BCUT2D eigenvalue weighted by atomic mass is 16.5. The summed E-state index contributed by atoms with van der Waals surface area (Å²) in [6.45, 7) is 0. The van der Waals surface area contributed by atoms with Crippen LogP contribution < -0.4 is 0 Å². The molecule has 0 saturated carbocycles. The van der Waals surface area contributed by atoms with Crippen molar-refractivity contribution >= 4 is 23.6 Å². The smallest absolute Gasteiger partial charge is 0.313 e. The van der Waals surface area contributed by atoms with Crippen LogP contribution in [0.5, 0.6) is 0 Å². The van der Waals surface area contributed by atoms with Crippen LogP contribution in [0.1, 0.15) is 12.8 Å². The summed E-state index contributed by atoms with van der Waals surface area (Å²) in [5.74, 6) is -0.0271. The van der Waals surface area contributed by atoms with Crippen molar-refractivity contribution in [2.24, 2.45) is 9.98 Å². The molecule has 0 aromatic rings. The third kappa shape index (κ3) is 2.65. The molecule has 0 saturated heterocycles. The van der Waals surface area contributed by atoms with Gasteiger partial charge < -0.3 is 9.47 Å². The molecule has 76 valence electrons. The number of nitrogens with zero attached hydrogens (tertiary/aromatic N) is 2. The fourth-order valence-corrected chi connectivity index (χ4v) is 0.864. The third-order valence-corrected chi connectivity index (χ3v) is 1.58. The monoisotopic (exact) mass is 198 g/mol. The molecule has 0 atom stereocenters. The summed E-state index contributed by atoms with van der Waals surface area (Å²) in [5.41, 5.74) is 0. The first kappa shape index (κ1) is 10.4. The largest absolute Gasteiger partial charge is 0.469 e. The summed E-state index contributed by atoms with van der Waals surface area (Å²) in [6.07, 6.45) is 0.0857. The van der Waals surface area contributed by atoms with E-state index in [1.165, 1.54) is 14.2 Å². The van der Waals surface area contributed by atoms with Crippen LogP contribution in [0.25, 0.3) is 0 Å². The molecule has 1 aliphatic rings. The van der Waals surface area contributed by atoms with Gasteiger partial charge >= 0.3 is 11.9 Å². The summed E-state index contributed by atoms with van der Waals surface area (Å²) >= 11 is 0. The lowest BCUT2D eigenvalue weighted by molar-refractivity contribution is -0.139. The number of hydrogen-bond donors (Lipinski definition) is 0. The van der Waals surface area contributed by atoms with Crippen molar-refractivity contribution in [2.45, 2.75) is 12.8 Å². The van der Waals surface area contributed by atoms with Crippen LogP contribution in [0.15, 0.2) is 9.98 Å². The van der Waals surface area contributed by atoms with Crippen molar-refractivity contribution in [2.75, 3.05) is 14.2 Å². The van der Waals surface area contributed by atoms with Gasteiger partial charge in [0.25, 0.3) is 0 Å². The first-order chi connectivity index (χ1) is 6.65. The molecule has 0 bridgehead atoms. The highest BCUT2D eigenvalue weighted by Gasteiger charge is 2.18. The Morgan fingerprint density at radius 1 is 1.00 bits per heavy atom. The molecule has 1 aliphatic heterocycles. The molecule has 6 heteroatoms. The number of carbonyl (C=O) groups excluding carboxylic acids is 2. The Kier molecular flexibility index (Phi) is 3.33. The Balaban J connectivity index is 2.29. The van der Waals surface area contributed by atoms with Gasteiger partial charge in [-0.25, -0.2) is 9.98 Å². The van der Waals surface area contributed by atoms with Gasteiger partial charge in [0.15, 0.2) is 0 Å². The predicted molar refractivity (Wildman–Crippen MR) is 48.1 cm³/mol. The van der Waals surface area contributed by atoms with Crippen LogP contribution in [-0.4, -0.2) is 37.8 Å². The van der Waals surface area contributed by atoms with Crippen LogP contribution in [0.2, 0.25) is 0 Å². The van der Waals surface area contributed by atoms with Gasteiger partial charge in [0.1, 0.15) is 24.5 Å². The topological polar surface area (TPSA) is 77.3 Å². The Bertz CT molecular complexity index is 282. The van der Waals surface area contributed by atoms with Gasteiger partial charge in [-0.05, 0) is 0 Å². The highest BCUT2D eigenvalue weighted by Crippen LogP contribution is 2.07. The molecule has 0 aromatic heterocycles. The average molecular weight is 198 g/mol. The fraction of sp³-hybridized carbons (Fsp3) is 0.500. The van der Waals surface area contributed by atoms with Crippen molar-refractivity contribution < 1.29 is 19.1 Å². The van der Waals surface area contributed by atoms with Crippen LogP contribution in [0, 0.1) is 0 Å². The fourth-order valence-electron chi connectivity index (χ4n) is 0.864. The van der Waals surface area contributed by atoms with Gasteiger partial charge in [0.2, 0.25) is 0 Å². The van der Waals surface area contributed by atoms with Gasteiger partial charge in [-0.3, -0.25) is 9.59 Å². The number of esters is 2. The van der Waals surface area contributed by atoms with Crippen molar-refractivity contribution in [3.8, 4) is 0 Å². The maximum atomic E-state index is 10.7. The zero-order valence-corrected chi connectivity index (χ0v) is 7.94. The third-order valence-electron chi connectivity index (χ3n) is 1.58. The van der Waals surface area contributed by atoms with Crippen LogP contribution >= 0.6 is 0 Å². The standard InChI is InChI=1S/C8H10N2O4/c1-13-7(11)3-5-9-6(10-5)4-8(12)14-2/h3-4H2,1-2H3. The first-order valence-electron chi connectivity index (χ1n) is 3.94. The van der Waals surface area contributed by atoms with Gasteiger partial charge in [-0.15, -0.1) is 0 Å². The van der Waals surface area contributed by atoms with Crippen LogP contribution in [-0.2, 0) is 19.1 Å². The lowest BCUT2D eigenvalue weighted by Gasteiger charge is -2.10. The normalized spacial score (nSPS) is 13.6. The van der Waals surface area contributed by atoms with Gasteiger partial charge in [-0.1, -0.05) is 0 Å². The maximum absolute atomic E-state index is 10.7. The van der Waals surface area contributed by atoms with Gasteiger partial charge in [0.05, 0.1) is 14.2 Å². The second-order valence-corrected chi connectivity index (χ2v) is 2.56. The van der Waals surface area contributed by atoms with E-state index in [1.54, 1.807) is 0 Å². The Labute approximate surface area is 80.6 Å². The SMILES string of the molecule is COC(=O)CC1=NC(CC(=O)OC)=N1. The minimum absolute atomic E-state index is 0.0428. The van der Waals surface area contributed by atoms with E-state index in [0.29, 0.717) is 11.7 Å². The van der Waals surface area contributed by atoms with E-state index in [0.717, 1.165) is 0 Å². The van der Waals surface area contributed by atoms with E-state index >= 15 is 0 Å². The molecule has 0 amide bonds. The van der Waals surface area contributed by atoms with Gasteiger partial charge in [0, 0.05) is 0 Å². The van der Waals surface area contributed by atoms with Crippen molar-refractivity contribution in [3.63, 3.8) is 0 Å². The number of carbonyl (C=O) groups is 2. The Morgan fingerprint density at radius 2 is 1.36 bits per heavy atom. The van der Waals surface area contributed by atoms with E-state index in [4.69, 9.17) is 0 Å². The summed E-state index contributed by atoms with van der Waals surface area (Å²) in [5, 5.41) is 0. The molecule has 0 fully saturated rings. The number of ether oxygens (including phenoxy) is 2. The first-order valence-corrected chi connectivity index (χ1v) is 3.94. The molecule has 1 heterocycles. The zero-order valence-electron chi connectivity index (χ0n) is 7.94. The van der Waals surface area contributed by atoms with Crippen molar-refractivity contribution in [1.29, 1.82) is 0 Å². The van der Waals surface area contributed by atoms with E-state index in [-0.39, 0.29) is 12.8 Å². The molecule has 0 spiro atoms. The van der Waals surface area contributed by atoms with Gasteiger partial charge in [-0.2, -0.15) is 0 Å². The molecule has 0 radical (unpaired) electrons. The molecule has 0 aliphatic carbocycles. The number of aliphatic imine (C=N–C) groups is 2. The molecule has 6 nitrogen and oxygen atoms in total. The minimum Gasteiger partial charge on any atom is -0.469 e. The highest BCUT2D eigenvalue weighted by molar-refractivity contribution is 6.18. The summed E-state index contributed by atoms with van der Waals surface area (Å²) in [7, 11) is 2.58. The van der Waals surface area contributed by atoms with Crippen LogP contribution in [0.3, 0.4) is 0 Å². The molecule has 0 aromatic carbocycles. The van der Waals surface area contributed by atoms with E-state index in [9.17, 15) is 9.59 Å². The summed E-state index contributed by atoms with van der Waals surface area (Å²) in [4.78, 5) is 29.2. The van der Waals surface area contributed by atoms with E-state index < -0.39 is 11.9 Å². The maximum Gasteiger partial charge on any atom is 0.313 e. The quantitative estimate of drug-likeness (QED) is 0.592. The molecule has 14 heavy (non-hydrogen) atoms. The second kappa shape index (κ2) is 4.50. The molecule has 0 N–H and O–H groups in total. The molecular weight excluding hydrogens is 188 g/mol. The predicted octanol–water partition coefficient (Wildman–Crippen LogP) is -0.0768. The Hall–Kier alpha value is -1.72. The number of hydrogen-bond acceptors (Lipinski definition) is 6. The Morgan fingerprint density at radius 3 is 1.64 bits per heavy atom. The minimum atomic E-state index is -0.399. The van der Waals surface area contributed by atoms with E-state index in [2.05, 4.69) is 19.5 Å². The lowest BCUT2D eigenvalue weighted by atomic mass is 10.3. The zero-order chi connectivity index (χ0) is 10.6. The van der Waals surface area contributed by atoms with Crippen LogP contribution in [0.4, 0.5) is 0 Å². The second-order valence-electron chi connectivity index (χ2n) is 2.56. The molecule has 0 unspecified atom stereocenters. The number of amidine groups is 2. The van der Waals surface area contributed by atoms with Crippen molar-refractivity contribution in [1.82, 2.24) is 0 Å². The summed E-state index contributed by atoms with van der Waals surface area (Å²) < 4.78 is 8.83. The molecular formula is C8H10N2O4. The molecule has 1 rings (SSSR count). The summed E-state index contributed by atoms with van der Waals surface area (Å²) in [6, 6.07) is 0. The lowest BCUT2D eigenvalue weighted by Crippen LogP contribution is -2.20. The van der Waals surface area contributed by atoms with Crippen molar-refractivity contribution in [3.05, 3.63) is 0 Å². The van der Waals surface area contributed by atoms with E-state index in [1.807, 2.05) is 0 Å². The number of methoxy groups -OCH3 is 2. The average Bonchev–Trinajstić information content (AvgIpc) is 2.13. The number of rotatable bonds is 4.